The predicted octanol–water partition coefficient (Wildman–Crippen LogP) is 2.70. The molecule has 0 atom stereocenters. The van der Waals surface area contributed by atoms with E-state index in [1.54, 1.807) is 0 Å². The topological polar surface area (TPSA) is 83.2 Å². The summed E-state index contributed by atoms with van der Waals surface area (Å²) in [6, 6.07) is 15.7. The summed E-state index contributed by atoms with van der Waals surface area (Å²) >= 11 is 0. The van der Waals surface area contributed by atoms with E-state index in [0.717, 1.165) is 24.0 Å². The number of aliphatic hydroxyl groups excluding tert-OH is 1. The van der Waals surface area contributed by atoms with Crippen LogP contribution in [0.2, 0.25) is 0 Å². The Morgan fingerprint density at radius 1 is 1.00 bits per heavy atom. The highest BCUT2D eigenvalue weighted by molar-refractivity contribution is 5.58. The van der Waals surface area contributed by atoms with Crippen molar-refractivity contribution in [3.63, 3.8) is 0 Å². The normalized spacial score (nSPS) is 19.7. The Morgan fingerprint density at radius 3 is 2.52 bits per heavy atom. The first-order valence-electron chi connectivity index (χ1n) is 9.28. The lowest BCUT2D eigenvalue weighted by molar-refractivity contribution is -0.215. The SMILES string of the molecule is Nc1c(CCCOCCO)cccc1OC1COC(c2ccccc2)OC1. The molecule has 0 bridgehead atoms. The van der Waals surface area contributed by atoms with Crippen LogP contribution in [0.4, 0.5) is 5.69 Å². The fourth-order valence-electron chi connectivity index (χ4n) is 2.98. The Hall–Kier alpha value is -2.12. The number of nitrogens with two attached hydrogens (primary N) is 1. The number of hydrogen-bond donors (Lipinski definition) is 2. The van der Waals surface area contributed by atoms with Crippen LogP contribution >= 0.6 is 0 Å². The Balaban J connectivity index is 1.50. The van der Waals surface area contributed by atoms with E-state index in [1.807, 2.05) is 48.5 Å². The van der Waals surface area contributed by atoms with Crippen LogP contribution in [0, 0.1) is 0 Å². The molecule has 3 rings (SSSR count). The van der Waals surface area contributed by atoms with Crippen molar-refractivity contribution in [3.05, 3.63) is 59.7 Å². The van der Waals surface area contributed by atoms with Crippen molar-refractivity contribution in [2.75, 3.05) is 38.8 Å². The van der Waals surface area contributed by atoms with Gasteiger partial charge in [0, 0.05) is 12.2 Å². The zero-order valence-corrected chi connectivity index (χ0v) is 15.4. The van der Waals surface area contributed by atoms with Crippen molar-refractivity contribution in [2.24, 2.45) is 0 Å². The third kappa shape index (κ3) is 5.68. The van der Waals surface area contributed by atoms with Crippen molar-refractivity contribution in [1.29, 1.82) is 0 Å². The van der Waals surface area contributed by atoms with Gasteiger partial charge < -0.3 is 29.8 Å². The van der Waals surface area contributed by atoms with Gasteiger partial charge in [-0.3, -0.25) is 0 Å². The molecular formula is C21H27NO5. The molecule has 0 unspecified atom stereocenters. The molecule has 0 amide bonds. The van der Waals surface area contributed by atoms with Gasteiger partial charge in [0.05, 0.1) is 32.1 Å². The van der Waals surface area contributed by atoms with Crippen LogP contribution < -0.4 is 10.5 Å². The third-order valence-electron chi connectivity index (χ3n) is 4.36. The van der Waals surface area contributed by atoms with Crippen molar-refractivity contribution < 1.29 is 24.1 Å². The number of para-hydroxylation sites is 1. The fraction of sp³-hybridized carbons (Fsp3) is 0.429. The fourth-order valence-corrected chi connectivity index (χ4v) is 2.98. The molecule has 1 fully saturated rings. The van der Waals surface area contributed by atoms with Gasteiger partial charge >= 0.3 is 0 Å². The molecule has 1 heterocycles. The van der Waals surface area contributed by atoms with Gasteiger partial charge in [-0.05, 0) is 24.5 Å². The second-order valence-corrected chi connectivity index (χ2v) is 6.42. The molecule has 0 aliphatic carbocycles. The van der Waals surface area contributed by atoms with Crippen LogP contribution in [0.1, 0.15) is 23.8 Å². The summed E-state index contributed by atoms with van der Waals surface area (Å²) < 4.78 is 22.9. The number of hydrogen-bond acceptors (Lipinski definition) is 6. The monoisotopic (exact) mass is 373 g/mol. The first kappa shape index (κ1) is 19.6. The van der Waals surface area contributed by atoms with Gasteiger partial charge in [-0.1, -0.05) is 42.5 Å². The Bertz CT molecular complexity index is 686. The molecule has 0 saturated carbocycles. The Kier molecular flexibility index (Phi) is 7.47. The first-order valence-corrected chi connectivity index (χ1v) is 9.28. The molecule has 6 heteroatoms. The Labute approximate surface area is 159 Å². The van der Waals surface area contributed by atoms with Gasteiger partial charge in [-0.25, -0.2) is 0 Å². The van der Waals surface area contributed by atoms with Gasteiger partial charge in [0.25, 0.3) is 0 Å². The summed E-state index contributed by atoms with van der Waals surface area (Å²) in [6.45, 7) is 1.89. The first-order chi connectivity index (χ1) is 13.3. The van der Waals surface area contributed by atoms with Crippen LogP contribution in [0.5, 0.6) is 5.75 Å². The number of benzene rings is 2. The zero-order chi connectivity index (χ0) is 18.9. The lowest BCUT2D eigenvalue weighted by atomic mass is 10.1. The molecule has 0 aromatic heterocycles. The summed E-state index contributed by atoms with van der Waals surface area (Å²) in [5.74, 6) is 0.652. The van der Waals surface area contributed by atoms with E-state index in [2.05, 4.69) is 0 Å². The van der Waals surface area contributed by atoms with Crippen LogP contribution in [-0.2, 0) is 20.6 Å². The molecule has 2 aromatic carbocycles. The number of ether oxygens (including phenoxy) is 4. The molecule has 3 N–H and O–H groups in total. The maximum atomic E-state index is 8.72. The second kappa shape index (κ2) is 10.3. The molecule has 1 saturated heterocycles. The number of rotatable bonds is 9. The molecule has 1 aliphatic heterocycles. The molecular weight excluding hydrogens is 346 g/mol. The van der Waals surface area contributed by atoms with E-state index in [-0.39, 0.29) is 19.0 Å². The number of anilines is 1. The smallest absolute Gasteiger partial charge is 0.184 e. The average molecular weight is 373 g/mol. The maximum Gasteiger partial charge on any atom is 0.184 e. The van der Waals surface area contributed by atoms with E-state index >= 15 is 0 Å². The van der Waals surface area contributed by atoms with Gasteiger partial charge in [-0.15, -0.1) is 0 Å². The highest BCUT2D eigenvalue weighted by Crippen LogP contribution is 2.29. The molecule has 27 heavy (non-hydrogen) atoms. The summed E-state index contributed by atoms with van der Waals surface area (Å²) in [7, 11) is 0. The van der Waals surface area contributed by atoms with Crippen molar-refractivity contribution in [3.8, 4) is 5.75 Å². The van der Waals surface area contributed by atoms with E-state index in [1.165, 1.54) is 0 Å². The van der Waals surface area contributed by atoms with Gasteiger partial charge in [-0.2, -0.15) is 0 Å². The van der Waals surface area contributed by atoms with E-state index in [0.29, 0.717) is 37.9 Å². The number of aryl methyl sites for hydroxylation is 1. The average Bonchev–Trinajstić information content (AvgIpc) is 2.72. The lowest BCUT2D eigenvalue weighted by Crippen LogP contribution is -2.35. The van der Waals surface area contributed by atoms with Crippen molar-refractivity contribution >= 4 is 5.69 Å². The van der Waals surface area contributed by atoms with E-state index in [9.17, 15) is 0 Å². The number of aliphatic hydroxyl groups is 1. The van der Waals surface area contributed by atoms with Crippen LogP contribution in [0.15, 0.2) is 48.5 Å². The molecule has 2 aromatic rings. The van der Waals surface area contributed by atoms with Crippen LogP contribution in [0.3, 0.4) is 0 Å². The molecule has 146 valence electrons. The van der Waals surface area contributed by atoms with Crippen molar-refractivity contribution in [1.82, 2.24) is 0 Å². The molecule has 0 radical (unpaired) electrons. The second-order valence-electron chi connectivity index (χ2n) is 6.42. The van der Waals surface area contributed by atoms with Gasteiger partial charge in [0.1, 0.15) is 11.9 Å². The highest BCUT2D eigenvalue weighted by Gasteiger charge is 2.25. The minimum absolute atomic E-state index is 0.0438. The minimum Gasteiger partial charge on any atom is -0.483 e. The summed E-state index contributed by atoms with van der Waals surface area (Å²) in [6.07, 6.45) is 1.08. The van der Waals surface area contributed by atoms with E-state index in [4.69, 9.17) is 29.8 Å². The number of nitrogen functional groups attached to an aromatic ring is 1. The predicted molar refractivity (Wildman–Crippen MR) is 103 cm³/mol. The third-order valence-corrected chi connectivity index (χ3v) is 4.36. The quantitative estimate of drug-likeness (QED) is 0.519. The lowest BCUT2D eigenvalue weighted by Gasteiger charge is -2.30. The largest absolute Gasteiger partial charge is 0.483 e. The standard InChI is InChI=1S/C21H27NO5/c22-20-16(9-5-12-24-13-11-23)8-4-10-19(20)27-18-14-25-21(26-15-18)17-6-2-1-3-7-17/h1-4,6-8,10,18,21,23H,5,9,11-15,22H2. The Morgan fingerprint density at radius 2 is 1.78 bits per heavy atom. The summed E-state index contributed by atoms with van der Waals surface area (Å²) in [4.78, 5) is 0. The summed E-state index contributed by atoms with van der Waals surface area (Å²) in [5, 5.41) is 8.72. The van der Waals surface area contributed by atoms with Crippen LogP contribution in [0.25, 0.3) is 0 Å². The van der Waals surface area contributed by atoms with Gasteiger partial charge in [0.15, 0.2) is 6.29 Å². The van der Waals surface area contributed by atoms with E-state index < -0.39 is 0 Å². The molecule has 0 spiro atoms. The molecule has 6 nitrogen and oxygen atoms in total. The van der Waals surface area contributed by atoms with Gasteiger partial charge in [0.2, 0.25) is 0 Å². The van der Waals surface area contributed by atoms with Crippen LogP contribution in [-0.4, -0.2) is 44.2 Å². The highest BCUT2D eigenvalue weighted by atomic mass is 16.7. The van der Waals surface area contributed by atoms with Crippen molar-refractivity contribution in [2.45, 2.75) is 25.2 Å². The minimum atomic E-state index is -0.353. The maximum absolute atomic E-state index is 8.72. The summed E-state index contributed by atoms with van der Waals surface area (Å²) in [5.41, 5.74) is 8.94. The zero-order valence-electron chi connectivity index (χ0n) is 15.4. The molecule has 1 aliphatic rings.